The lowest BCUT2D eigenvalue weighted by molar-refractivity contribution is 0.0528. The summed E-state index contributed by atoms with van der Waals surface area (Å²) in [6.07, 6.45) is 0.697. The fraction of sp³-hybridized carbons (Fsp3) is 0.500. The summed E-state index contributed by atoms with van der Waals surface area (Å²) in [5, 5.41) is 10.0. The molecule has 0 radical (unpaired) electrons. The molecule has 0 unspecified atom stereocenters. The molecule has 0 heterocycles. The van der Waals surface area contributed by atoms with Gasteiger partial charge in [0.05, 0.1) is 12.2 Å². The number of hydrogen-bond acceptors (Lipinski definition) is 2. The molecule has 1 atom stereocenters. The molecule has 0 fully saturated rings. The second-order valence-corrected chi connectivity index (χ2v) is 3.59. The van der Waals surface area contributed by atoms with E-state index in [0.29, 0.717) is 13.0 Å². The number of hydrogen-bond donors (Lipinski definition) is 1. The van der Waals surface area contributed by atoms with Crippen LogP contribution in [0.2, 0.25) is 0 Å². The summed E-state index contributed by atoms with van der Waals surface area (Å²) >= 11 is 0. The van der Waals surface area contributed by atoms with Crippen LogP contribution in [0.4, 0.5) is 0 Å². The maximum Gasteiger partial charge on any atom is 0.119 e. The van der Waals surface area contributed by atoms with Gasteiger partial charge >= 0.3 is 0 Å². The number of rotatable bonds is 4. The van der Waals surface area contributed by atoms with Crippen LogP contribution in [0.3, 0.4) is 0 Å². The van der Waals surface area contributed by atoms with E-state index in [1.54, 1.807) is 0 Å². The summed E-state index contributed by atoms with van der Waals surface area (Å²) in [5.41, 5.74) is 0.151. The minimum atomic E-state index is -0.757. The van der Waals surface area contributed by atoms with Crippen LogP contribution in [-0.2, 0) is 5.60 Å². The van der Waals surface area contributed by atoms with Gasteiger partial charge in [-0.25, -0.2) is 0 Å². The summed E-state index contributed by atoms with van der Waals surface area (Å²) in [4.78, 5) is 0. The molecule has 0 bridgehead atoms. The first kappa shape index (κ1) is 11.1. The molecule has 1 aromatic rings. The Bertz CT molecular complexity index is 292. The average Bonchev–Trinajstić information content (AvgIpc) is 2.19. The molecule has 78 valence electrons. The normalized spacial score (nSPS) is 14.9. The van der Waals surface area contributed by atoms with Crippen LogP contribution in [0.25, 0.3) is 0 Å². The fourth-order valence-electron chi connectivity index (χ4n) is 1.29. The van der Waals surface area contributed by atoms with Crippen LogP contribution >= 0.6 is 0 Å². The first-order chi connectivity index (χ1) is 6.60. The Hall–Kier alpha value is -1.02. The highest BCUT2D eigenvalue weighted by Crippen LogP contribution is 2.26. The van der Waals surface area contributed by atoms with Crippen molar-refractivity contribution in [3.8, 4) is 5.75 Å². The molecule has 1 rings (SSSR count). The summed E-state index contributed by atoms with van der Waals surface area (Å²) in [6.45, 7) is 6.38. The molecule has 0 aliphatic heterocycles. The lowest BCUT2D eigenvalue weighted by Crippen LogP contribution is -2.19. The largest absolute Gasteiger partial charge is 0.494 e. The van der Waals surface area contributed by atoms with Gasteiger partial charge in [0.2, 0.25) is 0 Å². The van der Waals surface area contributed by atoms with Crippen LogP contribution in [0, 0.1) is 0 Å². The van der Waals surface area contributed by atoms with Crippen molar-refractivity contribution in [2.75, 3.05) is 6.61 Å². The SMILES string of the molecule is CCOc1cccc([C@@](C)(O)CC)c1. The van der Waals surface area contributed by atoms with E-state index in [4.69, 9.17) is 4.74 Å². The topological polar surface area (TPSA) is 29.5 Å². The first-order valence-corrected chi connectivity index (χ1v) is 5.06. The van der Waals surface area contributed by atoms with Gasteiger partial charge in [0.1, 0.15) is 5.75 Å². The van der Waals surface area contributed by atoms with Gasteiger partial charge in [0, 0.05) is 0 Å². The third-order valence-electron chi connectivity index (χ3n) is 2.46. The molecule has 0 saturated carbocycles. The Morgan fingerprint density at radius 2 is 2.07 bits per heavy atom. The first-order valence-electron chi connectivity index (χ1n) is 5.06. The van der Waals surface area contributed by atoms with Gasteiger partial charge in [-0.05, 0) is 38.0 Å². The second-order valence-electron chi connectivity index (χ2n) is 3.59. The zero-order valence-corrected chi connectivity index (χ0v) is 9.08. The molecular weight excluding hydrogens is 176 g/mol. The zero-order valence-electron chi connectivity index (χ0n) is 9.08. The van der Waals surface area contributed by atoms with E-state index in [-0.39, 0.29) is 0 Å². The number of ether oxygens (including phenoxy) is 1. The van der Waals surface area contributed by atoms with Crippen molar-refractivity contribution in [1.82, 2.24) is 0 Å². The lowest BCUT2D eigenvalue weighted by Gasteiger charge is -2.22. The third kappa shape index (κ3) is 2.48. The highest BCUT2D eigenvalue weighted by molar-refractivity contribution is 5.31. The molecule has 1 aromatic carbocycles. The molecule has 0 aromatic heterocycles. The van der Waals surface area contributed by atoms with Crippen LogP contribution in [0.1, 0.15) is 32.8 Å². The van der Waals surface area contributed by atoms with Crippen LogP contribution in [-0.4, -0.2) is 11.7 Å². The monoisotopic (exact) mass is 194 g/mol. The predicted molar refractivity (Wildman–Crippen MR) is 57.5 cm³/mol. The molecule has 0 amide bonds. The molecule has 2 nitrogen and oxygen atoms in total. The lowest BCUT2D eigenvalue weighted by atomic mass is 9.93. The summed E-state index contributed by atoms with van der Waals surface area (Å²) in [6, 6.07) is 7.63. The van der Waals surface area contributed by atoms with Gasteiger partial charge in [-0.1, -0.05) is 19.1 Å². The molecule has 1 N–H and O–H groups in total. The molecule has 14 heavy (non-hydrogen) atoms. The van der Waals surface area contributed by atoms with Gasteiger partial charge in [-0.15, -0.1) is 0 Å². The van der Waals surface area contributed by atoms with E-state index in [1.807, 2.05) is 45.0 Å². The second kappa shape index (κ2) is 4.47. The van der Waals surface area contributed by atoms with Crippen molar-refractivity contribution in [1.29, 1.82) is 0 Å². The average molecular weight is 194 g/mol. The van der Waals surface area contributed by atoms with E-state index in [1.165, 1.54) is 0 Å². The van der Waals surface area contributed by atoms with Crippen LogP contribution < -0.4 is 4.74 Å². The zero-order chi connectivity index (χ0) is 10.6. The molecule has 0 aliphatic rings. The quantitative estimate of drug-likeness (QED) is 0.798. The van der Waals surface area contributed by atoms with E-state index in [0.717, 1.165) is 11.3 Å². The maximum absolute atomic E-state index is 10.0. The Morgan fingerprint density at radius 1 is 1.36 bits per heavy atom. The van der Waals surface area contributed by atoms with Crippen LogP contribution in [0.15, 0.2) is 24.3 Å². The Balaban J connectivity index is 2.93. The van der Waals surface area contributed by atoms with Crippen molar-refractivity contribution < 1.29 is 9.84 Å². The Kier molecular flexibility index (Phi) is 3.53. The van der Waals surface area contributed by atoms with E-state index in [2.05, 4.69) is 0 Å². The minimum absolute atomic E-state index is 0.651. The fourth-order valence-corrected chi connectivity index (χ4v) is 1.29. The third-order valence-corrected chi connectivity index (χ3v) is 2.46. The molecule has 2 heteroatoms. The molecular formula is C12H18O2. The van der Waals surface area contributed by atoms with Crippen molar-refractivity contribution >= 4 is 0 Å². The van der Waals surface area contributed by atoms with Crippen molar-refractivity contribution in [2.24, 2.45) is 0 Å². The molecule has 0 saturated heterocycles. The molecule has 0 spiro atoms. The van der Waals surface area contributed by atoms with E-state index in [9.17, 15) is 5.11 Å². The highest BCUT2D eigenvalue weighted by Gasteiger charge is 2.20. The predicted octanol–water partition coefficient (Wildman–Crippen LogP) is 2.70. The van der Waals surface area contributed by atoms with E-state index >= 15 is 0 Å². The minimum Gasteiger partial charge on any atom is -0.494 e. The van der Waals surface area contributed by atoms with Crippen LogP contribution in [0.5, 0.6) is 5.75 Å². The van der Waals surface area contributed by atoms with E-state index < -0.39 is 5.60 Å². The summed E-state index contributed by atoms with van der Waals surface area (Å²) in [7, 11) is 0. The van der Waals surface area contributed by atoms with Crippen molar-refractivity contribution in [2.45, 2.75) is 32.8 Å². The Labute approximate surface area is 85.5 Å². The summed E-state index contributed by atoms with van der Waals surface area (Å²) < 4.78 is 5.38. The number of aliphatic hydroxyl groups is 1. The Morgan fingerprint density at radius 3 is 2.64 bits per heavy atom. The number of benzene rings is 1. The van der Waals surface area contributed by atoms with Gasteiger partial charge in [0.15, 0.2) is 0 Å². The standard InChI is InChI=1S/C12H18O2/c1-4-12(3,13)10-7-6-8-11(9-10)14-5-2/h6-9,13H,4-5H2,1-3H3/t12-/m0/s1. The molecule has 0 aliphatic carbocycles. The highest BCUT2D eigenvalue weighted by atomic mass is 16.5. The summed E-state index contributed by atoms with van der Waals surface area (Å²) in [5.74, 6) is 0.818. The van der Waals surface area contributed by atoms with Gasteiger partial charge in [-0.3, -0.25) is 0 Å². The van der Waals surface area contributed by atoms with Crippen molar-refractivity contribution in [3.63, 3.8) is 0 Å². The van der Waals surface area contributed by atoms with Gasteiger partial charge in [0.25, 0.3) is 0 Å². The smallest absolute Gasteiger partial charge is 0.119 e. The van der Waals surface area contributed by atoms with Gasteiger partial charge < -0.3 is 9.84 Å². The van der Waals surface area contributed by atoms with Crippen molar-refractivity contribution in [3.05, 3.63) is 29.8 Å². The maximum atomic E-state index is 10.0. The van der Waals surface area contributed by atoms with Gasteiger partial charge in [-0.2, -0.15) is 0 Å².